The SMILES string of the molecule is COc1cc(F)c(S(=O)(=O)NC(C)C2CC3CCC2C3)cc1OC. The van der Waals surface area contributed by atoms with E-state index in [0.717, 1.165) is 18.4 Å². The monoisotopic (exact) mass is 357 g/mol. The van der Waals surface area contributed by atoms with Crippen molar-refractivity contribution in [1.29, 1.82) is 0 Å². The number of benzene rings is 1. The van der Waals surface area contributed by atoms with Crippen molar-refractivity contribution < 1.29 is 22.3 Å². The van der Waals surface area contributed by atoms with Crippen LogP contribution in [-0.2, 0) is 10.0 Å². The van der Waals surface area contributed by atoms with Crippen LogP contribution < -0.4 is 14.2 Å². The molecule has 1 N–H and O–H groups in total. The van der Waals surface area contributed by atoms with Crippen LogP contribution in [0.5, 0.6) is 11.5 Å². The maximum Gasteiger partial charge on any atom is 0.243 e. The Hall–Kier alpha value is -1.34. The van der Waals surface area contributed by atoms with E-state index in [2.05, 4.69) is 4.72 Å². The van der Waals surface area contributed by atoms with Crippen LogP contribution in [0, 0.1) is 23.6 Å². The van der Waals surface area contributed by atoms with Gasteiger partial charge in [-0.2, -0.15) is 0 Å². The summed E-state index contributed by atoms with van der Waals surface area (Å²) in [5.41, 5.74) is 0. The summed E-state index contributed by atoms with van der Waals surface area (Å²) < 4.78 is 52.3. The van der Waals surface area contributed by atoms with Gasteiger partial charge in [-0.1, -0.05) is 6.42 Å². The molecule has 0 aromatic heterocycles. The van der Waals surface area contributed by atoms with Gasteiger partial charge >= 0.3 is 0 Å². The Bertz CT molecular complexity index is 722. The standard InChI is InChI=1S/C17H24FNO4S/c1-10(13-7-11-4-5-12(13)6-11)19-24(20,21)17-9-16(23-3)15(22-2)8-14(17)18/h8-13,19H,4-7H2,1-3H3. The quantitative estimate of drug-likeness (QED) is 0.850. The van der Waals surface area contributed by atoms with Crippen molar-refractivity contribution in [2.24, 2.45) is 17.8 Å². The average Bonchev–Trinajstić information content (AvgIpc) is 3.16. The van der Waals surface area contributed by atoms with Crippen molar-refractivity contribution in [3.63, 3.8) is 0 Å². The molecule has 7 heteroatoms. The van der Waals surface area contributed by atoms with Crippen molar-refractivity contribution in [3.8, 4) is 11.5 Å². The number of ether oxygens (including phenoxy) is 2. The second-order valence-electron chi connectivity index (χ2n) is 6.89. The third kappa shape index (κ3) is 3.11. The van der Waals surface area contributed by atoms with Gasteiger partial charge in [0.1, 0.15) is 10.7 Å². The smallest absolute Gasteiger partial charge is 0.243 e. The van der Waals surface area contributed by atoms with Crippen molar-refractivity contribution >= 4 is 10.0 Å². The van der Waals surface area contributed by atoms with Crippen LogP contribution in [0.1, 0.15) is 32.6 Å². The molecular formula is C17H24FNO4S. The van der Waals surface area contributed by atoms with Crippen molar-refractivity contribution in [1.82, 2.24) is 4.72 Å². The van der Waals surface area contributed by atoms with E-state index in [1.165, 1.54) is 39.5 Å². The number of rotatable bonds is 6. The number of fused-ring (bicyclic) bond motifs is 2. The number of methoxy groups -OCH3 is 2. The van der Waals surface area contributed by atoms with Crippen LogP contribution in [0.2, 0.25) is 0 Å². The van der Waals surface area contributed by atoms with E-state index in [0.29, 0.717) is 11.8 Å². The first kappa shape index (κ1) is 17.5. The van der Waals surface area contributed by atoms with E-state index in [-0.39, 0.29) is 17.5 Å². The Balaban J connectivity index is 1.82. The second-order valence-corrected chi connectivity index (χ2v) is 8.57. The summed E-state index contributed by atoms with van der Waals surface area (Å²) >= 11 is 0. The van der Waals surface area contributed by atoms with E-state index in [4.69, 9.17) is 9.47 Å². The summed E-state index contributed by atoms with van der Waals surface area (Å²) in [5, 5.41) is 0. The fourth-order valence-corrected chi connectivity index (χ4v) is 5.71. The highest BCUT2D eigenvalue weighted by molar-refractivity contribution is 7.89. The highest BCUT2D eigenvalue weighted by atomic mass is 32.2. The van der Waals surface area contributed by atoms with Gasteiger partial charge in [0.05, 0.1) is 14.2 Å². The van der Waals surface area contributed by atoms with Gasteiger partial charge in [0.15, 0.2) is 11.5 Å². The topological polar surface area (TPSA) is 64.6 Å². The largest absolute Gasteiger partial charge is 0.493 e. The van der Waals surface area contributed by atoms with Crippen LogP contribution in [0.15, 0.2) is 17.0 Å². The Kier molecular flexibility index (Phi) is 4.75. The number of nitrogens with one attached hydrogen (secondary N) is 1. The lowest BCUT2D eigenvalue weighted by Crippen LogP contribution is -2.40. The number of hydrogen-bond donors (Lipinski definition) is 1. The predicted molar refractivity (Wildman–Crippen MR) is 88.2 cm³/mol. The van der Waals surface area contributed by atoms with E-state index >= 15 is 0 Å². The average molecular weight is 357 g/mol. The molecule has 2 aliphatic rings. The predicted octanol–water partition coefficient (Wildman–Crippen LogP) is 2.95. The van der Waals surface area contributed by atoms with Crippen molar-refractivity contribution in [2.75, 3.05) is 14.2 Å². The molecule has 0 aliphatic heterocycles. The van der Waals surface area contributed by atoms with E-state index in [1.54, 1.807) is 0 Å². The van der Waals surface area contributed by atoms with Gasteiger partial charge in [-0.15, -0.1) is 0 Å². The molecule has 0 saturated heterocycles. The Morgan fingerprint density at radius 3 is 2.38 bits per heavy atom. The van der Waals surface area contributed by atoms with E-state index < -0.39 is 20.7 Å². The third-order valence-corrected chi connectivity index (χ3v) is 7.08. The first-order chi connectivity index (χ1) is 11.4. The van der Waals surface area contributed by atoms with Gasteiger partial charge in [0.25, 0.3) is 0 Å². The molecular weight excluding hydrogens is 333 g/mol. The molecule has 24 heavy (non-hydrogen) atoms. The van der Waals surface area contributed by atoms with E-state index in [9.17, 15) is 12.8 Å². The molecule has 0 spiro atoms. The van der Waals surface area contributed by atoms with Gasteiger partial charge in [-0.25, -0.2) is 17.5 Å². The molecule has 2 aliphatic carbocycles. The third-order valence-electron chi connectivity index (χ3n) is 5.50. The molecule has 0 radical (unpaired) electrons. The Morgan fingerprint density at radius 1 is 1.17 bits per heavy atom. The van der Waals surface area contributed by atoms with E-state index in [1.807, 2.05) is 6.92 Å². The summed E-state index contributed by atoms with van der Waals surface area (Å²) in [6, 6.07) is 2.00. The Morgan fingerprint density at radius 2 is 1.83 bits per heavy atom. The van der Waals surface area contributed by atoms with Crippen molar-refractivity contribution in [2.45, 2.75) is 43.5 Å². The summed E-state index contributed by atoms with van der Waals surface area (Å²) in [6.07, 6.45) is 4.68. The first-order valence-electron chi connectivity index (χ1n) is 8.29. The molecule has 1 aromatic carbocycles. The van der Waals surface area contributed by atoms with Crippen LogP contribution in [0.25, 0.3) is 0 Å². The minimum Gasteiger partial charge on any atom is -0.493 e. The highest BCUT2D eigenvalue weighted by Gasteiger charge is 2.42. The highest BCUT2D eigenvalue weighted by Crippen LogP contribution is 2.49. The molecule has 134 valence electrons. The summed E-state index contributed by atoms with van der Waals surface area (Å²) in [6.45, 7) is 1.88. The summed E-state index contributed by atoms with van der Waals surface area (Å²) in [4.78, 5) is -0.407. The number of halogens is 1. The van der Waals surface area contributed by atoms with Gasteiger partial charge in [0, 0.05) is 18.2 Å². The van der Waals surface area contributed by atoms with Crippen LogP contribution in [0.4, 0.5) is 4.39 Å². The molecule has 1 aromatic rings. The molecule has 2 fully saturated rings. The molecule has 2 bridgehead atoms. The molecule has 5 nitrogen and oxygen atoms in total. The van der Waals surface area contributed by atoms with Gasteiger partial charge < -0.3 is 9.47 Å². The molecule has 4 unspecified atom stereocenters. The fourth-order valence-electron chi connectivity index (χ4n) is 4.34. The molecule has 4 atom stereocenters. The van der Waals surface area contributed by atoms with Gasteiger partial charge in [-0.05, 0) is 43.9 Å². The number of hydrogen-bond acceptors (Lipinski definition) is 4. The van der Waals surface area contributed by atoms with Gasteiger partial charge in [-0.3, -0.25) is 0 Å². The maximum absolute atomic E-state index is 14.3. The van der Waals surface area contributed by atoms with Crippen LogP contribution in [-0.4, -0.2) is 28.7 Å². The molecule has 0 heterocycles. The summed E-state index contributed by atoms with van der Waals surface area (Å²) in [7, 11) is -1.20. The zero-order valence-electron chi connectivity index (χ0n) is 14.2. The zero-order valence-corrected chi connectivity index (χ0v) is 15.0. The van der Waals surface area contributed by atoms with Gasteiger partial charge in [0.2, 0.25) is 10.0 Å². The molecule has 2 saturated carbocycles. The maximum atomic E-state index is 14.3. The summed E-state index contributed by atoms with van der Waals surface area (Å²) in [5.74, 6) is 1.15. The molecule has 0 amide bonds. The minimum absolute atomic E-state index is 0.162. The second kappa shape index (κ2) is 6.52. The lowest BCUT2D eigenvalue weighted by atomic mass is 9.84. The fraction of sp³-hybridized carbons (Fsp3) is 0.647. The lowest BCUT2D eigenvalue weighted by molar-refractivity contribution is 0.280. The molecule has 3 rings (SSSR count). The lowest BCUT2D eigenvalue weighted by Gasteiger charge is -2.28. The Labute approximate surface area is 142 Å². The zero-order chi connectivity index (χ0) is 17.5. The number of sulfonamides is 1. The normalized spacial score (nSPS) is 27.2. The van der Waals surface area contributed by atoms with Crippen molar-refractivity contribution in [3.05, 3.63) is 17.9 Å². The van der Waals surface area contributed by atoms with Crippen LogP contribution >= 0.6 is 0 Å². The first-order valence-corrected chi connectivity index (χ1v) is 9.78. The minimum atomic E-state index is -3.96. The van der Waals surface area contributed by atoms with Crippen LogP contribution in [0.3, 0.4) is 0 Å².